The predicted molar refractivity (Wildman–Crippen MR) is 72.8 cm³/mol. The van der Waals surface area contributed by atoms with Crippen LogP contribution in [0.3, 0.4) is 0 Å². The highest BCUT2D eigenvalue weighted by Gasteiger charge is 2.16. The maximum atomic E-state index is 5.74. The van der Waals surface area contributed by atoms with Crippen molar-refractivity contribution in [2.75, 3.05) is 19.7 Å². The number of nitrogens with zero attached hydrogens (tertiary/aromatic N) is 2. The molecular weight excluding hydrogens is 294 g/mol. The third kappa shape index (κ3) is 2.34. The van der Waals surface area contributed by atoms with Gasteiger partial charge in [0.1, 0.15) is 0 Å². The van der Waals surface area contributed by atoms with E-state index in [1.807, 2.05) is 16.9 Å². The zero-order valence-corrected chi connectivity index (χ0v) is 11.4. The Bertz CT molecular complexity index is 521. The van der Waals surface area contributed by atoms with E-state index < -0.39 is 0 Å². The van der Waals surface area contributed by atoms with Crippen molar-refractivity contribution in [3.8, 4) is 5.69 Å². The molecule has 0 amide bonds. The molecule has 1 N–H and O–H groups in total. The molecule has 1 aromatic heterocycles. The fraction of sp³-hybridized carbons (Fsp3) is 0.308. The summed E-state index contributed by atoms with van der Waals surface area (Å²) in [7, 11) is 0. The molecule has 0 radical (unpaired) electrons. The topological polar surface area (TPSA) is 39.1 Å². The summed E-state index contributed by atoms with van der Waals surface area (Å²) < 4.78 is 8.61. The highest BCUT2D eigenvalue weighted by molar-refractivity contribution is 9.10. The highest BCUT2D eigenvalue weighted by atomic mass is 79.9. The molecule has 1 unspecified atom stereocenters. The molecule has 0 saturated carbocycles. The van der Waals surface area contributed by atoms with E-state index in [1.54, 1.807) is 6.20 Å². The summed E-state index contributed by atoms with van der Waals surface area (Å²) in [5, 5.41) is 7.57. The summed E-state index contributed by atoms with van der Waals surface area (Å²) in [6.45, 7) is 2.57. The first-order valence-electron chi connectivity index (χ1n) is 5.96. The Hall–Kier alpha value is -1.17. The molecule has 4 nitrogen and oxygen atoms in total. The lowest BCUT2D eigenvalue weighted by Crippen LogP contribution is -2.33. The normalized spacial score (nSPS) is 19.9. The van der Waals surface area contributed by atoms with Crippen LogP contribution in [0, 0.1) is 0 Å². The van der Waals surface area contributed by atoms with Crippen LogP contribution in [0.5, 0.6) is 0 Å². The number of hydrogen-bond donors (Lipinski definition) is 1. The first-order valence-corrected chi connectivity index (χ1v) is 6.76. The minimum atomic E-state index is 0.140. The van der Waals surface area contributed by atoms with Crippen LogP contribution in [-0.4, -0.2) is 29.5 Å². The van der Waals surface area contributed by atoms with Gasteiger partial charge >= 0.3 is 0 Å². The van der Waals surface area contributed by atoms with Crippen LogP contribution in [0.2, 0.25) is 0 Å². The van der Waals surface area contributed by atoms with Gasteiger partial charge in [-0.05, 0) is 39.7 Å². The van der Waals surface area contributed by atoms with Gasteiger partial charge in [0, 0.05) is 30.0 Å². The standard InChI is InChI=1S/C13H14BrN3O/c14-11-8-10(13-9-15-5-7-18-13)2-3-12(11)17-6-1-4-16-17/h1-4,6,8,13,15H,5,7,9H2. The van der Waals surface area contributed by atoms with Crippen LogP contribution in [0.4, 0.5) is 0 Å². The minimum absolute atomic E-state index is 0.140. The molecule has 1 saturated heterocycles. The molecule has 5 heteroatoms. The van der Waals surface area contributed by atoms with E-state index in [4.69, 9.17) is 4.74 Å². The van der Waals surface area contributed by atoms with Gasteiger partial charge in [-0.3, -0.25) is 0 Å². The average Bonchev–Trinajstić information content (AvgIpc) is 2.93. The van der Waals surface area contributed by atoms with Crippen molar-refractivity contribution in [3.63, 3.8) is 0 Å². The van der Waals surface area contributed by atoms with Crippen LogP contribution in [0.25, 0.3) is 5.69 Å². The lowest BCUT2D eigenvalue weighted by Gasteiger charge is -2.24. The molecule has 1 aromatic carbocycles. The van der Waals surface area contributed by atoms with Gasteiger partial charge < -0.3 is 10.1 Å². The Morgan fingerprint density at radius 2 is 2.39 bits per heavy atom. The first kappa shape index (κ1) is 11.9. The minimum Gasteiger partial charge on any atom is -0.371 e. The predicted octanol–water partition coefficient (Wildman–Crippen LogP) is 2.30. The maximum absolute atomic E-state index is 5.74. The molecule has 0 spiro atoms. The third-order valence-corrected chi connectivity index (χ3v) is 3.66. The molecule has 1 fully saturated rings. The molecule has 2 aromatic rings. The molecule has 1 aliphatic rings. The van der Waals surface area contributed by atoms with Crippen LogP contribution >= 0.6 is 15.9 Å². The van der Waals surface area contributed by atoms with E-state index in [2.05, 4.69) is 44.5 Å². The zero-order valence-electron chi connectivity index (χ0n) is 9.84. The number of nitrogens with one attached hydrogen (secondary N) is 1. The molecule has 1 atom stereocenters. The summed E-state index contributed by atoms with van der Waals surface area (Å²) in [4.78, 5) is 0. The van der Waals surface area contributed by atoms with E-state index in [-0.39, 0.29) is 6.10 Å². The molecule has 18 heavy (non-hydrogen) atoms. The molecule has 0 bridgehead atoms. The van der Waals surface area contributed by atoms with E-state index in [9.17, 15) is 0 Å². The molecule has 1 aliphatic heterocycles. The Morgan fingerprint density at radius 1 is 1.44 bits per heavy atom. The van der Waals surface area contributed by atoms with Gasteiger partial charge in [-0.15, -0.1) is 0 Å². The van der Waals surface area contributed by atoms with E-state index >= 15 is 0 Å². The molecule has 0 aliphatic carbocycles. The van der Waals surface area contributed by atoms with Crippen LogP contribution in [-0.2, 0) is 4.74 Å². The van der Waals surface area contributed by atoms with Crippen molar-refractivity contribution in [1.82, 2.24) is 15.1 Å². The fourth-order valence-corrected chi connectivity index (χ4v) is 2.68. The van der Waals surface area contributed by atoms with Gasteiger partial charge in [0.25, 0.3) is 0 Å². The second kappa shape index (κ2) is 5.22. The fourth-order valence-electron chi connectivity index (χ4n) is 2.10. The van der Waals surface area contributed by atoms with E-state index in [0.717, 1.165) is 29.9 Å². The molecular formula is C13H14BrN3O. The first-order chi connectivity index (χ1) is 8.84. The van der Waals surface area contributed by atoms with Crippen molar-refractivity contribution in [2.24, 2.45) is 0 Å². The van der Waals surface area contributed by atoms with Crippen LogP contribution < -0.4 is 5.32 Å². The van der Waals surface area contributed by atoms with Crippen molar-refractivity contribution < 1.29 is 4.74 Å². The largest absolute Gasteiger partial charge is 0.371 e. The van der Waals surface area contributed by atoms with Gasteiger partial charge in [0.2, 0.25) is 0 Å². The number of ether oxygens (including phenoxy) is 1. The number of aromatic nitrogens is 2. The van der Waals surface area contributed by atoms with Gasteiger partial charge in [-0.2, -0.15) is 5.10 Å². The Labute approximate surface area is 114 Å². The number of rotatable bonds is 2. The van der Waals surface area contributed by atoms with Crippen molar-refractivity contribution in [1.29, 1.82) is 0 Å². The zero-order chi connectivity index (χ0) is 12.4. The van der Waals surface area contributed by atoms with Crippen LogP contribution in [0.1, 0.15) is 11.7 Å². The van der Waals surface area contributed by atoms with Gasteiger partial charge in [-0.25, -0.2) is 4.68 Å². The monoisotopic (exact) mass is 307 g/mol. The third-order valence-electron chi connectivity index (χ3n) is 3.02. The number of hydrogen-bond acceptors (Lipinski definition) is 3. The smallest absolute Gasteiger partial charge is 0.0950 e. The second-order valence-corrected chi connectivity index (χ2v) is 5.08. The van der Waals surface area contributed by atoms with Crippen molar-refractivity contribution in [2.45, 2.75) is 6.10 Å². The lowest BCUT2D eigenvalue weighted by molar-refractivity contribution is 0.0277. The lowest BCUT2D eigenvalue weighted by atomic mass is 10.1. The summed E-state index contributed by atoms with van der Waals surface area (Å²) in [5.41, 5.74) is 2.22. The summed E-state index contributed by atoms with van der Waals surface area (Å²) in [5.74, 6) is 0. The van der Waals surface area contributed by atoms with Crippen molar-refractivity contribution >= 4 is 15.9 Å². The molecule has 2 heterocycles. The van der Waals surface area contributed by atoms with Gasteiger partial charge in [-0.1, -0.05) is 6.07 Å². The summed E-state index contributed by atoms with van der Waals surface area (Å²) in [6.07, 6.45) is 3.84. The second-order valence-electron chi connectivity index (χ2n) is 4.23. The summed E-state index contributed by atoms with van der Waals surface area (Å²) in [6, 6.07) is 8.17. The highest BCUT2D eigenvalue weighted by Crippen LogP contribution is 2.27. The van der Waals surface area contributed by atoms with E-state index in [0.29, 0.717) is 0 Å². The molecule has 3 rings (SSSR count). The van der Waals surface area contributed by atoms with Crippen LogP contribution in [0.15, 0.2) is 41.1 Å². The maximum Gasteiger partial charge on any atom is 0.0950 e. The quantitative estimate of drug-likeness (QED) is 0.925. The Kier molecular flexibility index (Phi) is 3.45. The number of morpholine rings is 1. The Balaban J connectivity index is 1.89. The van der Waals surface area contributed by atoms with Crippen molar-refractivity contribution in [3.05, 3.63) is 46.7 Å². The summed E-state index contributed by atoms with van der Waals surface area (Å²) >= 11 is 3.60. The Morgan fingerprint density at radius 3 is 3.06 bits per heavy atom. The van der Waals surface area contributed by atoms with E-state index in [1.165, 1.54) is 5.56 Å². The SMILES string of the molecule is Brc1cc(C2CNCCO2)ccc1-n1cccn1. The van der Waals surface area contributed by atoms with Gasteiger partial charge in [0.05, 0.1) is 18.4 Å². The number of halogens is 1. The number of benzene rings is 1. The van der Waals surface area contributed by atoms with Gasteiger partial charge in [0.15, 0.2) is 0 Å². The molecule has 94 valence electrons. The average molecular weight is 308 g/mol.